The smallest absolute Gasteiger partial charge is 0.292 e. The Hall–Kier alpha value is -4.54. The lowest BCUT2D eigenvalue weighted by molar-refractivity contribution is -0.149. The van der Waals surface area contributed by atoms with Crippen LogP contribution in [0.4, 0.5) is 11.4 Å². The number of nitrogens with zero attached hydrogens (tertiary/aromatic N) is 1. The maximum atomic E-state index is 13.4. The molecule has 0 spiro atoms. The van der Waals surface area contributed by atoms with Gasteiger partial charge < -0.3 is 26.2 Å². The molecule has 0 saturated carbocycles. The number of anilines is 2. The van der Waals surface area contributed by atoms with Crippen molar-refractivity contribution in [3.63, 3.8) is 0 Å². The molecule has 2 aromatic carbocycles. The van der Waals surface area contributed by atoms with Crippen LogP contribution in [-0.2, 0) is 35.2 Å². The SMILES string of the molecule is CC(=O)N[C@H](C(=O)C(=O)N1CCC[C@H]1C(=O)N[C@H](Cc1ccccc1)C(=O)Nc1ccc(NC=O)cc1)C(C)C. The second-order valence-electron chi connectivity index (χ2n) is 10.0. The van der Waals surface area contributed by atoms with E-state index < -0.39 is 47.5 Å². The molecule has 0 aliphatic carbocycles. The van der Waals surface area contributed by atoms with Crippen LogP contribution in [0.25, 0.3) is 0 Å². The van der Waals surface area contributed by atoms with Crippen LogP contribution >= 0.6 is 0 Å². The summed E-state index contributed by atoms with van der Waals surface area (Å²) >= 11 is 0. The summed E-state index contributed by atoms with van der Waals surface area (Å²) < 4.78 is 0. The van der Waals surface area contributed by atoms with Gasteiger partial charge in [0.05, 0.1) is 6.04 Å². The van der Waals surface area contributed by atoms with E-state index in [-0.39, 0.29) is 18.9 Å². The van der Waals surface area contributed by atoms with E-state index >= 15 is 0 Å². The van der Waals surface area contributed by atoms with E-state index in [0.29, 0.717) is 30.6 Å². The number of hydrogen-bond donors (Lipinski definition) is 4. The normalized spacial score (nSPS) is 16.0. The minimum Gasteiger partial charge on any atom is -0.346 e. The summed E-state index contributed by atoms with van der Waals surface area (Å²) in [5, 5.41) is 10.6. The average molecular weight is 550 g/mol. The highest BCUT2D eigenvalue weighted by atomic mass is 16.2. The highest BCUT2D eigenvalue weighted by Crippen LogP contribution is 2.20. The van der Waals surface area contributed by atoms with Crippen molar-refractivity contribution in [2.45, 2.75) is 58.2 Å². The fourth-order valence-corrected chi connectivity index (χ4v) is 4.59. The molecule has 3 atom stereocenters. The van der Waals surface area contributed by atoms with Crippen LogP contribution in [0.5, 0.6) is 0 Å². The molecule has 11 heteroatoms. The summed E-state index contributed by atoms with van der Waals surface area (Å²) in [4.78, 5) is 76.3. The standard InChI is InChI=1S/C29H35N5O6/c1-18(2)25(31-19(3)36)26(37)29(40)34-15-7-10-24(34)28(39)33-23(16-20-8-5-4-6-9-20)27(38)32-22-13-11-21(12-14-22)30-17-35/h4-6,8-9,11-14,17-18,23-25H,7,10,15-16H2,1-3H3,(H,30,35)(H,31,36)(H,32,38)(H,33,39)/t23-,24+,25+/m1/s1. The van der Waals surface area contributed by atoms with Crippen LogP contribution in [0.3, 0.4) is 0 Å². The van der Waals surface area contributed by atoms with E-state index in [1.807, 2.05) is 30.3 Å². The summed E-state index contributed by atoms with van der Waals surface area (Å²) in [5.74, 6) is -3.38. The number of likely N-dealkylation sites (tertiary alicyclic amines) is 1. The van der Waals surface area contributed by atoms with Crippen LogP contribution in [0.15, 0.2) is 54.6 Å². The van der Waals surface area contributed by atoms with Crippen LogP contribution < -0.4 is 21.3 Å². The van der Waals surface area contributed by atoms with Gasteiger partial charge in [-0.3, -0.25) is 28.8 Å². The number of rotatable bonds is 12. The van der Waals surface area contributed by atoms with Gasteiger partial charge >= 0.3 is 0 Å². The number of ketones is 1. The second kappa shape index (κ2) is 14.0. The monoisotopic (exact) mass is 549 g/mol. The number of carbonyl (C=O) groups excluding carboxylic acids is 6. The Balaban J connectivity index is 1.76. The van der Waals surface area contributed by atoms with Crippen molar-refractivity contribution in [3.8, 4) is 0 Å². The third kappa shape index (κ3) is 7.98. The zero-order valence-corrected chi connectivity index (χ0v) is 22.8. The predicted octanol–water partition coefficient (Wildman–Crippen LogP) is 1.64. The molecule has 1 saturated heterocycles. The van der Waals surface area contributed by atoms with Crippen molar-refractivity contribution < 1.29 is 28.8 Å². The van der Waals surface area contributed by atoms with Gasteiger partial charge in [0.2, 0.25) is 29.9 Å². The summed E-state index contributed by atoms with van der Waals surface area (Å²) in [7, 11) is 0. The van der Waals surface area contributed by atoms with E-state index in [1.165, 1.54) is 11.8 Å². The minimum atomic E-state index is -1.00. The fraction of sp³-hybridized carbons (Fsp3) is 0.379. The molecule has 40 heavy (non-hydrogen) atoms. The number of amides is 5. The van der Waals surface area contributed by atoms with Crippen molar-refractivity contribution in [3.05, 3.63) is 60.2 Å². The lowest BCUT2D eigenvalue weighted by atomic mass is 9.98. The first-order valence-electron chi connectivity index (χ1n) is 13.2. The first kappa shape index (κ1) is 30.0. The Labute approximate surface area is 233 Å². The topological polar surface area (TPSA) is 154 Å². The quantitative estimate of drug-likeness (QED) is 0.233. The minimum absolute atomic E-state index is 0.195. The molecule has 0 aromatic heterocycles. The summed E-state index contributed by atoms with van der Waals surface area (Å²) in [6, 6.07) is 12.8. The highest BCUT2D eigenvalue weighted by molar-refractivity contribution is 6.38. The van der Waals surface area contributed by atoms with Gasteiger partial charge in [-0.1, -0.05) is 44.2 Å². The molecule has 1 aliphatic rings. The van der Waals surface area contributed by atoms with Crippen molar-refractivity contribution in [1.82, 2.24) is 15.5 Å². The number of carbonyl (C=O) groups is 6. The molecule has 4 N–H and O–H groups in total. The molecule has 1 fully saturated rings. The zero-order chi connectivity index (χ0) is 29.2. The Morgan fingerprint density at radius 2 is 1.60 bits per heavy atom. The molecular weight excluding hydrogens is 514 g/mol. The molecule has 0 radical (unpaired) electrons. The number of nitrogens with one attached hydrogen (secondary N) is 4. The largest absolute Gasteiger partial charge is 0.346 e. The molecule has 1 aliphatic heterocycles. The Kier molecular flexibility index (Phi) is 10.5. The van der Waals surface area contributed by atoms with Crippen LogP contribution in [0.2, 0.25) is 0 Å². The molecule has 2 aromatic rings. The average Bonchev–Trinajstić information content (AvgIpc) is 3.42. The first-order chi connectivity index (χ1) is 19.1. The predicted molar refractivity (Wildman–Crippen MR) is 149 cm³/mol. The van der Waals surface area contributed by atoms with Crippen molar-refractivity contribution in [1.29, 1.82) is 0 Å². The van der Waals surface area contributed by atoms with Gasteiger partial charge in [-0.05, 0) is 48.6 Å². The molecule has 0 unspecified atom stereocenters. The van der Waals surface area contributed by atoms with Crippen molar-refractivity contribution >= 4 is 47.2 Å². The van der Waals surface area contributed by atoms with Gasteiger partial charge in [0.15, 0.2) is 0 Å². The van der Waals surface area contributed by atoms with Gasteiger partial charge in [-0.15, -0.1) is 0 Å². The molecule has 3 rings (SSSR count). The van der Waals surface area contributed by atoms with Gasteiger partial charge in [-0.25, -0.2) is 0 Å². The molecule has 212 valence electrons. The fourth-order valence-electron chi connectivity index (χ4n) is 4.59. The Bertz CT molecular complexity index is 1230. The van der Waals surface area contributed by atoms with Gasteiger partial charge in [0.1, 0.15) is 12.1 Å². The van der Waals surface area contributed by atoms with Crippen LogP contribution in [0.1, 0.15) is 39.2 Å². The Morgan fingerprint density at radius 3 is 2.20 bits per heavy atom. The van der Waals surface area contributed by atoms with E-state index in [9.17, 15) is 28.8 Å². The number of benzene rings is 2. The highest BCUT2D eigenvalue weighted by Gasteiger charge is 2.40. The maximum Gasteiger partial charge on any atom is 0.292 e. The third-order valence-corrected chi connectivity index (χ3v) is 6.63. The van der Waals surface area contributed by atoms with Crippen LogP contribution in [0, 0.1) is 5.92 Å². The summed E-state index contributed by atoms with van der Waals surface area (Å²) in [6.07, 6.45) is 1.59. The van der Waals surface area contributed by atoms with Crippen molar-refractivity contribution in [2.24, 2.45) is 5.92 Å². The van der Waals surface area contributed by atoms with E-state index in [2.05, 4.69) is 21.3 Å². The molecule has 5 amide bonds. The molecular formula is C29H35N5O6. The second-order valence-corrected chi connectivity index (χ2v) is 10.0. The summed E-state index contributed by atoms with van der Waals surface area (Å²) in [6.45, 7) is 4.93. The zero-order valence-electron chi connectivity index (χ0n) is 22.8. The molecule has 11 nitrogen and oxygen atoms in total. The van der Waals surface area contributed by atoms with E-state index in [4.69, 9.17) is 0 Å². The lowest BCUT2D eigenvalue weighted by Gasteiger charge is -2.28. The van der Waals surface area contributed by atoms with Gasteiger partial charge in [-0.2, -0.15) is 0 Å². The van der Waals surface area contributed by atoms with Crippen molar-refractivity contribution in [2.75, 3.05) is 17.2 Å². The van der Waals surface area contributed by atoms with E-state index in [0.717, 1.165) is 5.56 Å². The van der Waals surface area contributed by atoms with E-state index in [1.54, 1.807) is 38.1 Å². The number of Topliss-reactive ketones (excluding diaryl/α,β-unsaturated/α-hetero) is 1. The number of hydrogen-bond acceptors (Lipinski definition) is 6. The van der Waals surface area contributed by atoms with Gasteiger partial charge in [0, 0.05) is 31.3 Å². The maximum absolute atomic E-state index is 13.4. The first-order valence-corrected chi connectivity index (χ1v) is 13.2. The lowest BCUT2D eigenvalue weighted by Crippen LogP contribution is -2.56. The summed E-state index contributed by atoms with van der Waals surface area (Å²) in [5.41, 5.74) is 1.84. The molecule has 0 bridgehead atoms. The van der Waals surface area contributed by atoms with Crippen LogP contribution in [-0.4, -0.2) is 65.4 Å². The third-order valence-electron chi connectivity index (χ3n) is 6.63. The Morgan fingerprint density at radius 1 is 0.950 bits per heavy atom. The van der Waals surface area contributed by atoms with Gasteiger partial charge in [0.25, 0.3) is 5.91 Å². The molecule has 1 heterocycles.